The predicted molar refractivity (Wildman–Crippen MR) is 79.6 cm³/mol. The average Bonchev–Trinajstić information content (AvgIpc) is 2.32. The van der Waals surface area contributed by atoms with Crippen molar-refractivity contribution < 1.29 is 14.7 Å². The van der Waals surface area contributed by atoms with Crippen molar-refractivity contribution in [3.05, 3.63) is 0 Å². The number of aliphatic carboxylic acids is 1. The van der Waals surface area contributed by atoms with Gasteiger partial charge in [0.25, 0.3) is 0 Å². The number of hydrogen-bond acceptors (Lipinski definition) is 2. The van der Waals surface area contributed by atoms with Crippen LogP contribution in [-0.4, -0.2) is 23.0 Å². The van der Waals surface area contributed by atoms with Gasteiger partial charge >= 0.3 is 5.97 Å². The summed E-state index contributed by atoms with van der Waals surface area (Å²) >= 11 is 0. The van der Waals surface area contributed by atoms with E-state index < -0.39 is 17.4 Å². The van der Waals surface area contributed by atoms with Crippen LogP contribution in [0.5, 0.6) is 0 Å². The first-order valence-corrected chi connectivity index (χ1v) is 8.29. The van der Waals surface area contributed by atoms with Crippen LogP contribution in [0.4, 0.5) is 0 Å². The monoisotopic (exact) mass is 293 g/mol. The summed E-state index contributed by atoms with van der Waals surface area (Å²) in [6.07, 6.45) is 6.08. The maximum atomic E-state index is 12.7. The lowest BCUT2D eigenvalue weighted by Gasteiger charge is -2.53. The maximum absolute atomic E-state index is 12.7. The van der Waals surface area contributed by atoms with Gasteiger partial charge in [-0.3, -0.25) is 4.79 Å². The molecule has 0 aliphatic heterocycles. The summed E-state index contributed by atoms with van der Waals surface area (Å²) in [4.78, 5) is 24.2. The molecule has 4 aliphatic carbocycles. The highest BCUT2D eigenvalue weighted by Crippen LogP contribution is 2.56. The van der Waals surface area contributed by atoms with E-state index in [1.54, 1.807) is 0 Å². The quantitative estimate of drug-likeness (QED) is 0.840. The van der Waals surface area contributed by atoms with Gasteiger partial charge in [-0.2, -0.15) is 0 Å². The molecule has 1 atom stereocenters. The fourth-order valence-electron chi connectivity index (χ4n) is 5.24. The number of hydrogen-bond donors (Lipinski definition) is 2. The van der Waals surface area contributed by atoms with Crippen molar-refractivity contribution >= 4 is 11.9 Å². The molecule has 4 nitrogen and oxygen atoms in total. The third-order valence-corrected chi connectivity index (χ3v) is 5.93. The van der Waals surface area contributed by atoms with Crippen molar-refractivity contribution in [2.24, 2.45) is 35.0 Å². The van der Waals surface area contributed by atoms with E-state index in [-0.39, 0.29) is 11.8 Å². The third kappa shape index (κ3) is 2.69. The summed E-state index contributed by atoms with van der Waals surface area (Å²) in [5.41, 5.74) is -0.465. The molecule has 0 saturated heterocycles. The van der Waals surface area contributed by atoms with Crippen LogP contribution >= 0.6 is 0 Å². The van der Waals surface area contributed by atoms with Crippen molar-refractivity contribution in [2.45, 2.75) is 58.9 Å². The summed E-state index contributed by atoms with van der Waals surface area (Å²) in [6, 6.07) is -0.804. The van der Waals surface area contributed by atoms with E-state index in [0.29, 0.717) is 11.8 Å². The lowest BCUT2D eigenvalue weighted by Crippen LogP contribution is -2.56. The van der Waals surface area contributed by atoms with E-state index in [0.717, 1.165) is 11.8 Å². The first kappa shape index (κ1) is 14.9. The van der Waals surface area contributed by atoms with Gasteiger partial charge in [0.2, 0.25) is 5.91 Å². The minimum absolute atomic E-state index is 0.00822. The van der Waals surface area contributed by atoms with Crippen LogP contribution in [0, 0.1) is 35.0 Å². The molecule has 0 spiro atoms. The average molecular weight is 293 g/mol. The Morgan fingerprint density at radius 1 is 1.00 bits per heavy atom. The van der Waals surface area contributed by atoms with Gasteiger partial charge in [-0.15, -0.1) is 0 Å². The number of nitrogens with one attached hydrogen (secondary N) is 1. The van der Waals surface area contributed by atoms with Crippen LogP contribution in [0.1, 0.15) is 52.9 Å². The van der Waals surface area contributed by atoms with E-state index in [1.807, 2.05) is 20.8 Å². The number of amides is 1. The first-order valence-electron chi connectivity index (χ1n) is 8.29. The summed E-state index contributed by atoms with van der Waals surface area (Å²) in [7, 11) is 0. The molecule has 0 aromatic heterocycles. The minimum atomic E-state index is -0.931. The smallest absolute Gasteiger partial charge is 0.326 e. The van der Waals surface area contributed by atoms with Gasteiger partial charge in [-0.25, -0.2) is 4.79 Å². The Kier molecular flexibility index (Phi) is 3.53. The molecule has 1 unspecified atom stereocenters. The Labute approximate surface area is 126 Å². The largest absolute Gasteiger partial charge is 0.480 e. The highest BCUT2D eigenvalue weighted by Gasteiger charge is 2.51. The van der Waals surface area contributed by atoms with Crippen molar-refractivity contribution in [1.82, 2.24) is 5.32 Å². The number of carboxylic acids is 1. The SMILES string of the molecule is CC(C)(C)C(NC(=O)C1C2CC3CC(C2)CC1C3)C(=O)O. The van der Waals surface area contributed by atoms with E-state index >= 15 is 0 Å². The predicted octanol–water partition coefficient (Wildman–Crippen LogP) is 2.67. The zero-order valence-electron chi connectivity index (χ0n) is 13.3. The van der Waals surface area contributed by atoms with Gasteiger partial charge in [-0.05, 0) is 61.2 Å². The molecule has 4 fully saturated rings. The fourth-order valence-corrected chi connectivity index (χ4v) is 5.24. The van der Waals surface area contributed by atoms with Gasteiger partial charge in [-0.1, -0.05) is 20.8 Å². The molecule has 4 aliphatic rings. The number of carbonyl (C=O) groups is 2. The second-order valence-corrected chi connectivity index (χ2v) is 8.60. The molecule has 2 N–H and O–H groups in total. The van der Waals surface area contributed by atoms with Crippen LogP contribution in [0.15, 0.2) is 0 Å². The van der Waals surface area contributed by atoms with E-state index in [9.17, 15) is 14.7 Å². The zero-order chi connectivity index (χ0) is 15.4. The van der Waals surface area contributed by atoms with Crippen LogP contribution in [-0.2, 0) is 9.59 Å². The van der Waals surface area contributed by atoms with Gasteiger partial charge in [0.15, 0.2) is 0 Å². The van der Waals surface area contributed by atoms with Crippen LogP contribution in [0.2, 0.25) is 0 Å². The van der Waals surface area contributed by atoms with Crippen molar-refractivity contribution in [1.29, 1.82) is 0 Å². The maximum Gasteiger partial charge on any atom is 0.326 e. The molecule has 4 saturated carbocycles. The number of rotatable bonds is 3. The summed E-state index contributed by atoms with van der Waals surface area (Å²) < 4.78 is 0. The molecule has 0 aromatic carbocycles. The Morgan fingerprint density at radius 2 is 1.48 bits per heavy atom. The van der Waals surface area contributed by atoms with Crippen molar-refractivity contribution in [3.63, 3.8) is 0 Å². The standard InChI is InChI=1S/C17H27NO3/c1-17(2,3)14(16(20)21)18-15(19)13-11-5-9-4-10(7-11)8-12(13)6-9/h9-14H,4-8H2,1-3H3,(H,18,19)(H,20,21). The van der Waals surface area contributed by atoms with E-state index in [4.69, 9.17) is 0 Å². The van der Waals surface area contributed by atoms with Gasteiger partial charge in [0, 0.05) is 5.92 Å². The fraction of sp³-hybridized carbons (Fsp3) is 0.882. The normalized spacial score (nSPS) is 39.1. The minimum Gasteiger partial charge on any atom is -0.480 e. The highest BCUT2D eigenvalue weighted by molar-refractivity contribution is 5.86. The molecule has 0 aromatic rings. The van der Waals surface area contributed by atoms with Crippen LogP contribution in [0.3, 0.4) is 0 Å². The molecule has 4 bridgehead atoms. The molecule has 0 radical (unpaired) electrons. The molecule has 21 heavy (non-hydrogen) atoms. The lowest BCUT2D eigenvalue weighted by molar-refractivity contribution is -0.149. The Morgan fingerprint density at radius 3 is 1.86 bits per heavy atom. The van der Waals surface area contributed by atoms with E-state index in [1.165, 1.54) is 32.1 Å². The molecule has 4 heteroatoms. The van der Waals surface area contributed by atoms with Crippen molar-refractivity contribution in [2.75, 3.05) is 0 Å². The Balaban J connectivity index is 1.72. The van der Waals surface area contributed by atoms with Crippen LogP contribution in [0.25, 0.3) is 0 Å². The number of carboxylic acid groups (broad SMARTS) is 1. The van der Waals surface area contributed by atoms with Gasteiger partial charge in [0.05, 0.1) is 0 Å². The molecular formula is C17H27NO3. The van der Waals surface area contributed by atoms with Gasteiger partial charge in [0.1, 0.15) is 6.04 Å². The van der Waals surface area contributed by atoms with Crippen molar-refractivity contribution in [3.8, 4) is 0 Å². The Hall–Kier alpha value is -1.06. The Bertz CT molecular complexity index is 423. The number of carbonyl (C=O) groups excluding carboxylic acids is 1. The topological polar surface area (TPSA) is 66.4 Å². The first-order chi connectivity index (χ1) is 9.75. The van der Waals surface area contributed by atoms with Crippen LogP contribution < -0.4 is 5.32 Å². The molecule has 0 heterocycles. The summed E-state index contributed by atoms with van der Waals surface area (Å²) in [5.74, 6) is 1.77. The second-order valence-electron chi connectivity index (χ2n) is 8.60. The summed E-state index contributed by atoms with van der Waals surface area (Å²) in [6.45, 7) is 5.59. The molecular weight excluding hydrogens is 266 g/mol. The summed E-state index contributed by atoms with van der Waals surface area (Å²) in [5, 5.41) is 12.2. The highest BCUT2D eigenvalue weighted by atomic mass is 16.4. The lowest BCUT2D eigenvalue weighted by atomic mass is 9.51. The van der Waals surface area contributed by atoms with E-state index in [2.05, 4.69) is 5.32 Å². The second kappa shape index (κ2) is 4.99. The van der Waals surface area contributed by atoms with Gasteiger partial charge < -0.3 is 10.4 Å². The molecule has 1 amide bonds. The zero-order valence-corrected chi connectivity index (χ0v) is 13.3. The molecule has 118 valence electrons. The third-order valence-electron chi connectivity index (χ3n) is 5.93. The molecule has 4 rings (SSSR count).